The molecule has 0 saturated heterocycles. The van der Waals surface area contributed by atoms with Gasteiger partial charge in [-0.15, -0.1) is 0 Å². The molecular formula is C16H23N3O6. The number of esters is 1. The van der Waals surface area contributed by atoms with E-state index < -0.39 is 29.9 Å². The Balaban J connectivity index is 3.06. The molecule has 1 aromatic rings. The average molecular weight is 353 g/mol. The fraction of sp³-hybridized carbons (Fsp3) is 0.438. The number of methoxy groups -OCH3 is 1. The van der Waals surface area contributed by atoms with Gasteiger partial charge in [-0.05, 0) is 24.6 Å². The lowest BCUT2D eigenvalue weighted by Crippen LogP contribution is -2.63. The lowest BCUT2D eigenvalue weighted by molar-refractivity contribution is -0.149. The van der Waals surface area contributed by atoms with E-state index in [9.17, 15) is 19.5 Å². The third-order valence-corrected chi connectivity index (χ3v) is 3.72. The smallest absolute Gasteiger partial charge is 0.325 e. The summed E-state index contributed by atoms with van der Waals surface area (Å²) in [5.74, 6) is 3.97. The highest BCUT2D eigenvalue weighted by atomic mass is 16.5. The highest BCUT2D eigenvalue weighted by molar-refractivity contribution is 5.92. The van der Waals surface area contributed by atoms with Gasteiger partial charge in [0, 0.05) is 6.42 Å². The average Bonchev–Trinajstić information content (AvgIpc) is 2.60. The number of rotatable bonds is 8. The lowest BCUT2D eigenvalue weighted by Gasteiger charge is -2.36. The number of ether oxygens (including phenoxy) is 1. The third kappa shape index (κ3) is 5.44. The molecule has 0 spiro atoms. The number of phenolic OH excluding ortho intramolecular Hbond substituents is 1. The highest BCUT2D eigenvalue weighted by Crippen LogP contribution is 2.21. The Labute approximate surface area is 145 Å². The molecular weight excluding hydrogens is 330 g/mol. The van der Waals surface area contributed by atoms with Crippen molar-refractivity contribution in [2.45, 2.75) is 25.3 Å². The monoisotopic (exact) mass is 353 g/mol. The molecule has 9 nitrogen and oxygen atoms in total. The maximum Gasteiger partial charge on any atom is 0.325 e. The van der Waals surface area contributed by atoms with Gasteiger partial charge in [-0.2, -0.15) is 0 Å². The second-order valence-electron chi connectivity index (χ2n) is 5.61. The summed E-state index contributed by atoms with van der Waals surface area (Å²) in [5.41, 5.74) is -0.877. The minimum atomic E-state index is -1.52. The molecule has 0 unspecified atom stereocenters. The van der Waals surface area contributed by atoms with Gasteiger partial charge in [0.05, 0.1) is 20.1 Å². The SMILES string of the molecule is COC(=O)CNC(=O)[C@](C)(Cc1ccc(O)cc1)N(N)C(=O)CCO. The van der Waals surface area contributed by atoms with Crippen molar-refractivity contribution in [3.05, 3.63) is 29.8 Å². The topological polar surface area (TPSA) is 142 Å². The van der Waals surface area contributed by atoms with Gasteiger partial charge in [0.25, 0.3) is 0 Å². The normalized spacial score (nSPS) is 12.8. The lowest BCUT2D eigenvalue weighted by atomic mass is 9.90. The predicted octanol–water partition coefficient (Wildman–Crippen LogP) is -0.933. The number of nitrogens with one attached hydrogen (secondary N) is 1. The number of amides is 2. The minimum absolute atomic E-state index is 0.0357. The largest absolute Gasteiger partial charge is 0.508 e. The number of benzene rings is 1. The molecule has 1 rings (SSSR count). The molecule has 0 bridgehead atoms. The first-order valence-electron chi connectivity index (χ1n) is 7.56. The molecule has 5 N–H and O–H groups in total. The van der Waals surface area contributed by atoms with E-state index in [-0.39, 0.29) is 25.1 Å². The Morgan fingerprint density at radius 1 is 1.28 bits per heavy atom. The van der Waals surface area contributed by atoms with Crippen molar-refractivity contribution in [2.75, 3.05) is 20.3 Å². The fourth-order valence-electron chi connectivity index (χ4n) is 2.19. The standard InChI is InChI=1S/C16H23N3O6/c1-16(19(17)13(22)7-8-20,15(24)18-10-14(23)25-2)9-11-3-5-12(21)6-4-11/h3-6,20-21H,7-10,17H2,1-2H3,(H,18,24)/t16-/m0/s1. The van der Waals surface area contributed by atoms with E-state index >= 15 is 0 Å². The molecule has 0 saturated carbocycles. The molecule has 0 radical (unpaired) electrons. The quantitative estimate of drug-likeness (QED) is 0.205. The van der Waals surface area contributed by atoms with Crippen molar-refractivity contribution in [3.63, 3.8) is 0 Å². The number of nitrogens with zero attached hydrogens (tertiary/aromatic N) is 1. The number of aromatic hydroxyl groups is 1. The summed E-state index contributed by atoms with van der Waals surface area (Å²) >= 11 is 0. The number of carbonyl (C=O) groups is 3. The number of hydrogen-bond donors (Lipinski definition) is 4. The molecule has 25 heavy (non-hydrogen) atoms. The van der Waals surface area contributed by atoms with Crippen LogP contribution < -0.4 is 11.2 Å². The zero-order valence-electron chi connectivity index (χ0n) is 14.2. The summed E-state index contributed by atoms with van der Waals surface area (Å²) in [6.07, 6.45) is -0.208. The molecule has 1 aromatic carbocycles. The van der Waals surface area contributed by atoms with Gasteiger partial charge in [-0.1, -0.05) is 12.1 Å². The van der Waals surface area contributed by atoms with Crippen LogP contribution in [0.25, 0.3) is 0 Å². The van der Waals surface area contributed by atoms with E-state index in [1.54, 1.807) is 12.1 Å². The summed E-state index contributed by atoms with van der Waals surface area (Å²) in [7, 11) is 1.18. The molecule has 0 aliphatic rings. The Morgan fingerprint density at radius 2 is 1.88 bits per heavy atom. The molecule has 0 aromatic heterocycles. The first-order chi connectivity index (χ1) is 11.7. The van der Waals surface area contributed by atoms with Gasteiger partial charge in [-0.3, -0.25) is 19.4 Å². The van der Waals surface area contributed by atoms with Crippen LogP contribution in [0.1, 0.15) is 18.9 Å². The van der Waals surface area contributed by atoms with Crippen LogP contribution in [-0.4, -0.2) is 58.8 Å². The number of phenols is 1. The zero-order chi connectivity index (χ0) is 19.0. The van der Waals surface area contributed by atoms with Crippen molar-refractivity contribution >= 4 is 17.8 Å². The molecule has 2 amide bonds. The van der Waals surface area contributed by atoms with Crippen LogP contribution in [0.3, 0.4) is 0 Å². The number of carbonyl (C=O) groups excluding carboxylic acids is 3. The molecule has 1 atom stereocenters. The minimum Gasteiger partial charge on any atom is -0.508 e. The van der Waals surface area contributed by atoms with Gasteiger partial charge in [0.1, 0.15) is 17.8 Å². The van der Waals surface area contributed by atoms with E-state index in [1.165, 1.54) is 26.2 Å². The van der Waals surface area contributed by atoms with Gasteiger partial charge in [-0.25, -0.2) is 5.84 Å². The van der Waals surface area contributed by atoms with E-state index in [0.29, 0.717) is 5.56 Å². The molecule has 0 fully saturated rings. The van der Waals surface area contributed by atoms with Crippen molar-refractivity contribution in [1.29, 1.82) is 0 Å². The van der Waals surface area contributed by atoms with Crippen LogP contribution in [0.15, 0.2) is 24.3 Å². The summed E-state index contributed by atoms with van der Waals surface area (Å²) in [6, 6.07) is 6.06. The zero-order valence-corrected chi connectivity index (χ0v) is 14.2. The number of aliphatic hydroxyl groups is 1. The number of hydrogen-bond acceptors (Lipinski definition) is 7. The van der Waals surface area contributed by atoms with Crippen LogP contribution in [0.2, 0.25) is 0 Å². The number of nitrogens with two attached hydrogens (primary N) is 1. The van der Waals surface area contributed by atoms with E-state index in [2.05, 4.69) is 10.1 Å². The summed E-state index contributed by atoms with van der Waals surface area (Å²) in [5, 5.41) is 21.4. The first kappa shape index (κ1) is 20.4. The second-order valence-corrected chi connectivity index (χ2v) is 5.61. The van der Waals surface area contributed by atoms with E-state index in [1.807, 2.05) is 0 Å². The molecule has 138 valence electrons. The fourth-order valence-corrected chi connectivity index (χ4v) is 2.19. The Morgan fingerprint density at radius 3 is 2.40 bits per heavy atom. The van der Waals surface area contributed by atoms with Gasteiger partial charge in [0.2, 0.25) is 11.8 Å². The van der Waals surface area contributed by atoms with Crippen LogP contribution in [0.4, 0.5) is 0 Å². The first-order valence-corrected chi connectivity index (χ1v) is 7.56. The number of hydrazine groups is 1. The van der Waals surface area contributed by atoms with Gasteiger partial charge < -0.3 is 20.3 Å². The summed E-state index contributed by atoms with van der Waals surface area (Å²) in [4.78, 5) is 35.9. The maximum atomic E-state index is 12.6. The van der Waals surface area contributed by atoms with Crippen LogP contribution in [0, 0.1) is 0 Å². The summed E-state index contributed by atoms with van der Waals surface area (Å²) < 4.78 is 4.46. The molecule has 0 heterocycles. The Kier molecular flexibility index (Phi) is 7.34. The van der Waals surface area contributed by atoms with Crippen LogP contribution >= 0.6 is 0 Å². The van der Waals surface area contributed by atoms with E-state index in [4.69, 9.17) is 10.9 Å². The van der Waals surface area contributed by atoms with Crippen LogP contribution in [0.5, 0.6) is 5.75 Å². The van der Waals surface area contributed by atoms with Gasteiger partial charge in [0.15, 0.2) is 0 Å². The second kappa shape index (κ2) is 9.00. The van der Waals surface area contributed by atoms with Crippen LogP contribution in [-0.2, 0) is 25.5 Å². The van der Waals surface area contributed by atoms with E-state index in [0.717, 1.165) is 5.01 Å². The Bertz CT molecular complexity index is 619. The van der Waals surface area contributed by atoms with Gasteiger partial charge >= 0.3 is 5.97 Å². The van der Waals surface area contributed by atoms with Crippen molar-refractivity contribution in [3.8, 4) is 5.75 Å². The highest BCUT2D eigenvalue weighted by Gasteiger charge is 2.41. The summed E-state index contributed by atoms with van der Waals surface area (Å²) in [6.45, 7) is 0.663. The maximum absolute atomic E-state index is 12.6. The third-order valence-electron chi connectivity index (χ3n) is 3.72. The number of aliphatic hydroxyl groups excluding tert-OH is 1. The van der Waals surface area contributed by atoms with Crippen molar-refractivity contribution in [1.82, 2.24) is 10.3 Å². The predicted molar refractivity (Wildman–Crippen MR) is 88.0 cm³/mol. The Hall–Kier alpha value is -2.65. The molecule has 0 aliphatic heterocycles. The van der Waals surface area contributed by atoms with Crippen molar-refractivity contribution < 1.29 is 29.3 Å². The van der Waals surface area contributed by atoms with Crippen molar-refractivity contribution in [2.24, 2.45) is 5.84 Å². The molecule has 0 aliphatic carbocycles. The molecule has 9 heteroatoms.